The monoisotopic (exact) mass is 287 g/mol. The molecule has 0 saturated carbocycles. The summed E-state index contributed by atoms with van der Waals surface area (Å²) in [6, 6.07) is 4.26. The van der Waals surface area contributed by atoms with Gasteiger partial charge in [-0.1, -0.05) is 0 Å². The molecule has 0 amide bonds. The minimum atomic E-state index is 0.0243. The summed E-state index contributed by atoms with van der Waals surface area (Å²) >= 11 is 6.92. The van der Waals surface area contributed by atoms with Crippen LogP contribution in [0.25, 0.3) is 0 Å². The zero-order valence-electron chi connectivity index (χ0n) is 7.66. The van der Waals surface area contributed by atoms with Gasteiger partial charge in [0.2, 0.25) is 0 Å². The molecule has 0 unspecified atom stereocenters. The lowest BCUT2D eigenvalue weighted by Gasteiger charge is -2.05. The first-order valence-corrected chi connectivity index (χ1v) is 6.77. The van der Waals surface area contributed by atoms with Gasteiger partial charge >= 0.3 is 0 Å². The zero-order valence-corrected chi connectivity index (χ0v) is 10.9. The first kappa shape index (κ1) is 10.4. The quantitative estimate of drug-likeness (QED) is 0.890. The van der Waals surface area contributed by atoms with Crippen LogP contribution in [0.15, 0.2) is 26.7 Å². The maximum atomic E-state index is 6.14. The molecular weight excluding hydrogens is 278 g/mol. The summed E-state index contributed by atoms with van der Waals surface area (Å²) in [6.45, 7) is 2.09. The minimum absolute atomic E-state index is 0.0243. The predicted octanol–water partition coefficient (Wildman–Crippen LogP) is 3.93. The van der Waals surface area contributed by atoms with Gasteiger partial charge < -0.3 is 5.73 Å². The number of hydrogen-bond acceptors (Lipinski definition) is 3. The Balaban J connectivity index is 2.32. The number of thiophene rings is 2. The molecule has 74 valence electrons. The highest BCUT2D eigenvalue weighted by molar-refractivity contribution is 9.11. The molecular formula is C10H10BrNS2. The predicted molar refractivity (Wildman–Crippen MR) is 67.1 cm³/mol. The summed E-state index contributed by atoms with van der Waals surface area (Å²) in [6.07, 6.45) is 0. The van der Waals surface area contributed by atoms with Crippen LogP contribution in [-0.4, -0.2) is 0 Å². The highest BCUT2D eigenvalue weighted by Crippen LogP contribution is 2.33. The Labute approximate surface area is 99.7 Å². The van der Waals surface area contributed by atoms with Crippen molar-refractivity contribution in [1.29, 1.82) is 0 Å². The molecule has 1 atom stereocenters. The van der Waals surface area contributed by atoms with Gasteiger partial charge in [-0.2, -0.15) is 11.3 Å². The molecule has 0 aliphatic carbocycles. The van der Waals surface area contributed by atoms with E-state index in [4.69, 9.17) is 5.73 Å². The molecule has 0 aliphatic rings. The van der Waals surface area contributed by atoms with Crippen LogP contribution in [0.5, 0.6) is 0 Å². The van der Waals surface area contributed by atoms with E-state index in [0.717, 1.165) is 0 Å². The van der Waals surface area contributed by atoms with E-state index in [1.54, 1.807) is 22.7 Å². The molecule has 4 heteroatoms. The Morgan fingerprint density at radius 1 is 1.50 bits per heavy atom. The van der Waals surface area contributed by atoms with E-state index in [1.165, 1.54) is 19.8 Å². The highest BCUT2D eigenvalue weighted by Gasteiger charge is 2.13. The summed E-state index contributed by atoms with van der Waals surface area (Å²) < 4.78 is 1.18. The van der Waals surface area contributed by atoms with Gasteiger partial charge in [-0.05, 0) is 56.9 Å². The van der Waals surface area contributed by atoms with Crippen molar-refractivity contribution in [1.82, 2.24) is 0 Å². The lowest BCUT2D eigenvalue weighted by molar-refractivity contribution is 0.898. The second-order valence-corrected chi connectivity index (χ2v) is 6.32. The summed E-state index contributed by atoms with van der Waals surface area (Å²) in [5.74, 6) is 0. The number of aryl methyl sites for hydroxylation is 1. The van der Waals surface area contributed by atoms with Crippen LogP contribution in [0, 0.1) is 6.92 Å². The summed E-state index contributed by atoms with van der Waals surface area (Å²) in [5.41, 5.74) is 8.60. The zero-order chi connectivity index (χ0) is 10.1. The Hall–Kier alpha value is -0.160. The molecule has 2 heterocycles. The smallest absolute Gasteiger partial charge is 0.0731 e. The number of rotatable bonds is 2. The van der Waals surface area contributed by atoms with Crippen LogP contribution in [-0.2, 0) is 0 Å². The van der Waals surface area contributed by atoms with Crippen molar-refractivity contribution < 1.29 is 0 Å². The molecule has 1 nitrogen and oxygen atoms in total. The first-order valence-electron chi connectivity index (χ1n) is 4.22. The molecule has 0 bridgehead atoms. The van der Waals surface area contributed by atoms with E-state index >= 15 is 0 Å². The lowest BCUT2D eigenvalue weighted by atomic mass is 10.1. The van der Waals surface area contributed by atoms with Gasteiger partial charge in [-0.3, -0.25) is 0 Å². The van der Waals surface area contributed by atoms with Crippen LogP contribution < -0.4 is 5.73 Å². The van der Waals surface area contributed by atoms with Crippen LogP contribution in [0.3, 0.4) is 0 Å². The lowest BCUT2D eigenvalue weighted by Crippen LogP contribution is -2.08. The van der Waals surface area contributed by atoms with Crippen LogP contribution in [0.4, 0.5) is 0 Å². The van der Waals surface area contributed by atoms with Crippen LogP contribution in [0.2, 0.25) is 0 Å². The molecule has 2 aromatic rings. The maximum absolute atomic E-state index is 6.14. The average Bonchev–Trinajstić information content (AvgIpc) is 2.76. The Bertz CT molecular complexity index is 400. The summed E-state index contributed by atoms with van der Waals surface area (Å²) in [4.78, 5) is 1.22. The Morgan fingerprint density at radius 3 is 2.79 bits per heavy atom. The number of halogens is 1. The van der Waals surface area contributed by atoms with E-state index in [-0.39, 0.29) is 6.04 Å². The molecule has 2 aromatic heterocycles. The van der Waals surface area contributed by atoms with E-state index in [2.05, 4.69) is 45.7 Å². The highest BCUT2D eigenvalue weighted by atomic mass is 79.9. The van der Waals surface area contributed by atoms with Gasteiger partial charge in [0.1, 0.15) is 0 Å². The SMILES string of the molecule is Cc1cc([C@H](N)c2ccsc2)sc1Br. The third-order valence-electron chi connectivity index (χ3n) is 2.09. The molecule has 14 heavy (non-hydrogen) atoms. The molecule has 0 spiro atoms. The second kappa shape index (κ2) is 4.14. The van der Waals surface area contributed by atoms with E-state index in [1.807, 2.05) is 0 Å². The second-order valence-electron chi connectivity index (χ2n) is 3.14. The molecule has 2 rings (SSSR count). The average molecular weight is 288 g/mol. The fraction of sp³-hybridized carbons (Fsp3) is 0.200. The number of nitrogens with two attached hydrogens (primary N) is 1. The van der Waals surface area contributed by atoms with Crippen molar-refractivity contribution in [3.8, 4) is 0 Å². The molecule has 0 aromatic carbocycles. The first-order chi connectivity index (χ1) is 6.68. The fourth-order valence-electron chi connectivity index (χ4n) is 1.25. The van der Waals surface area contributed by atoms with Crippen LogP contribution >= 0.6 is 38.6 Å². The van der Waals surface area contributed by atoms with E-state index in [0.29, 0.717) is 0 Å². The van der Waals surface area contributed by atoms with E-state index in [9.17, 15) is 0 Å². The van der Waals surface area contributed by atoms with Gasteiger partial charge in [-0.25, -0.2) is 0 Å². The van der Waals surface area contributed by atoms with Crippen molar-refractivity contribution in [2.45, 2.75) is 13.0 Å². The Kier molecular flexibility index (Phi) is 3.07. The molecule has 0 aliphatic heterocycles. The minimum Gasteiger partial charge on any atom is -0.320 e. The van der Waals surface area contributed by atoms with Crippen molar-refractivity contribution in [2.75, 3.05) is 0 Å². The van der Waals surface area contributed by atoms with Crippen LogP contribution in [0.1, 0.15) is 22.0 Å². The molecule has 0 radical (unpaired) electrons. The normalized spacial score (nSPS) is 13.1. The van der Waals surface area contributed by atoms with Crippen molar-refractivity contribution >= 4 is 38.6 Å². The fourth-order valence-corrected chi connectivity index (χ4v) is 3.55. The van der Waals surface area contributed by atoms with Crippen molar-refractivity contribution in [2.24, 2.45) is 5.73 Å². The Morgan fingerprint density at radius 2 is 2.29 bits per heavy atom. The van der Waals surface area contributed by atoms with Gasteiger partial charge in [0.05, 0.1) is 9.83 Å². The summed E-state index contributed by atoms with van der Waals surface area (Å²) in [7, 11) is 0. The van der Waals surface area contributed by atoms with Gasteiger partial charge in [0, 0.05) is 4.88 Å². The topological polar surface area (TPSA) is 26.0 Å². The molecule has 0 fully saturated rings. The van der Waals surface area contributed by atoms with Gasteiger partial charge in [0.25, 0.3) is 0 Å². The largest absolute Gasteiger partial charge is 0.320 e. The van der Waals surface area contributed by atoms with E-state index < -0.39 is 0 Å². The maximum Gasteiger partial charge on any atom is 0.0731 e. The third-order valence-corrected chi connectivity index (χ3v) is 5.01. The number of hydrogen-bond donors (Lipinski definition) is 1. The molecule has 2 N–H and O–H groups in total. The summed E-state index contributed by atoms with van der Waals surface area (Å²) in [5, 5.41) is 4.17. The third kappa shape index (κ3) is 1.93. The molecule has 0 saturated heterocycles. The van der Waals surface area contributed by atoms with Gasteiger partial charge in [0.15, 0.2) is 0 Å². The standard InChI is InChI=1S/C10H10BrNS2/c1-6-4-8(14-10(6)11)9(12)7-2-3-13-5-7/h2-5,9H,12H2,1H3/t9-/m1/s1. The van der Waals surface area contributed by atoms with Crippen molar-refractivity contribution in [3.63, 3.8) is 0 Å². The van der Waals surface area contributed by atoms with Crippen molar-refractivity contribution in [3.05, 3.63) is 42.7 Å². The van der Waals surface area contributed by atoms with Gasteiger partial charge in [-0.15, -0.1) is 11.3 Å².